The lowest BCUT2D eigenvalue weighted by Crippen LogP contribution is -2.44. The van der Waals surface area contributed by atoms with Crippen LogP contribution in [0.1, 0.15) is 50.2 Å². The van der Waals surface area contributed by atoms with Crippen molar-refractivity contribution in [2.24, 2.45) is 7.05 Å². The van der Waals surface area contributed by atoms with Crippen LogP contribution in [0.5, 0.6) is 0 Å². The number of rotatable bonds is 4. The highest BCUT2D eigenvalue weighted by Gasteiger charge is 2.29. The summed E-state index contributed by atoms with van der Waals surface area (Å²) in [5.74, 6) is 0. The quantitative estimate of drug-likeness (QED) is 0.822. The molecule has 4 rings (SSSR count). The number of urea groups is 1. The lowest BCUT2D eigenvalue weighted by molar-refractivity contribution is -0.00700. The fraction of sp³-hybridized carbons (Fsp3) is 0.545. The minimum Gasteiger partial charge on any atom is -0.371 e. The van der Waals surface area contributed by atoms with Crippen molar-refractivity contribution in [3.8, 4) is 0 Å². The number of aromatic nitrogens is 2. The lowest BCUT2D eigenvalue weighted by atomic mass is 9.98. The number of carbonyl (C=O) groups is 1. The van der Waals surface area contributed by atoms with E-state index in [4.69, 9.17) is 4.74 Å². The zero-order valence-corrected chi connectivity index (χ0v) is 17.1. The minimum absolute atomic E-state index is 0.0678. The Hall–Kier alpha value is -2.54. The van der Waals surface area contributed by atoms with E-state index in [0.717, 1.165) is 37.2 Å². The topological polar surface area (TPSA) is 71.4 Å². The van der Waals surface area contributed by atoms with Crippen LogP contribution in [-0.4, -0.2) is 41.5 Å². The highest BCUT2D eigenvalue weighted by molar-refractivity contribution is 5.90. The summed E-state index contributed by atoms with van der Waals surface area (Å²) in [7, 11) is 1.89. The average molecular weight is 398 g/mol. The Morgan fingerprint density at radius 2 is 2.00 bits per heavy atom. The van der Waals surface area contributed by atoms with Crippen LogP contribution < -0.4 is 15.5 Å². The third-order valence-corrected chi connectivity index (χ3v) is 5.77. The van der Waals surface area contributed by atoms with Gasteiger partial charge in [-0.3, -0.25) is 4.68 Å². The molecule has 7 nitrogen and oxygen atoms in total. The van der Waals surface area contributed by atoms with Gasteiger partial charge in [-0.25, -0.2) is 4.79 Å². The van der Waals surface area contributed by atoms with Gasteiger partial charge in [0, 0.05) is 49.9 Å². The van der Waals surface area contributed by atoms with Gasteiger partial charge in [0.15, 0.2) is 0 Å². The summed E-state index contributed by atoms with van der Waals surface area (Å²) in [6.07, 6.45) is 10.5. The third-order valence-electron chi connectivity index (χ3n) is 5.77. The van der Waals surface area contributed by atoms with E-state index in [9.17, 15) is 4.79 Å². The Morgan fingerprint density at radius 3 is 2.76 bits per heavy atom. The smallest absolute Gasteiger partial charge is 0.319 e. The molecule has 2 amide bonds. The summed E-state index contributed by atoms with van der Waals surface area (Å²) in [6, 6.07) is 7.89. The van der Waals surface area contributed by atoms with Gasteiger partial charge < -0.3 is 20.3 Å². The molecule has 2 fully saturated rings. The number of hydrogen-bond acceptors (Lipinski definition) is 4. The SMILES string of the molecule is Cn1cc([C@H]2OCCC[C@@H]2NC(=O)Nc2cccc(N3CCCCCC3)c2)cn1. The van der Waals surface area contributed by atoms with E-state index in [1.54, 1.807) is 4.68 Å². The monoisotopic (exact) mass is 397 g/mol. The first-order valence-corrected chi connectivity index (χ1v) is 10.7. The van der Waals surface area contributed by atoms with E-state index in [2.05, 4.69) is 32.8 Å². The molecular formula is C22H31N5O2. The molecule has 0 spiro atoms. The summed E-state index contributed by atoms with van der Waals surface area (Å²) in [4.78, 5) is 15.1. The molecule has 29 heavy (non-hydrogen) atoms. The molecule has 2 saturated heterocycles. The molecule has 0 aliphatic carbocycles. The van der Waals surface area contributed by atoms with Crippen molar-refractivity contribution >= 4 is 17.4 Å². The number of hydrogen-bond donors (Lipinski definition) is 2. The molecule has 1 aromatic carbocycles. The maximum atomic E-state index is 12.7. The van der Waals surface area contributed by atoms with Gasteiger partial charge in [0.05, 0.1) is 12.2 Å². The molecule has 2 aliphatic heterocycles. The van der Waals surface area contributed by atoms with Crippen LogP contribution in [0, 0.1) is 0 Å². The first kappa shape index (κ1) is 19.8. The second-order valence-corrected chi connectivity index (χ2v) is 8.04. The number of nitrogens with zero attached hydrogens (tertiary/aromatic N) is 3. The minimum atomic E-state index is -0.192. The third kappa shape index (κ3) is 5.09. The molecule has 7 heteroatoms. The molecular weight excluding hydrogens is 366 g/mol. The van der Waals surface area contributed by atoms with Crippen molar-refractivity contribution in [1.29, 1.82) is 0 Å². The van der Waals surface area contributed by atoms with Gasteiger partial charge in [-0.05, 0) is 43.9 Å². The highest BCUT2D eigenvalue weighted by atomic mass is 16.5. The van der Waals surface area contributed by atoms with Crippen LogP contribution in [0.3, 0.4) is 0 Å². The van der Waals surface area contributed by atoms with Crippen molar-refractivity contribution in [2.75, 3.05) is 29.9 Å². The molecule has 0 bridgehead atoms. The molecule has 2 aliphatic rings. The normalized spacial score (nSPS) is 22.7. The second-order valence-electron chi connectivity index (χ2n) is 8.04. The molecule has 2 N–H and O–H groups in total. The van der Waals surface area contributed by atoms with Crippen molar-refractivity contribution in [2.45, 2.75) is 50.7 Å². The van der Waals surface area contributed by atoms with Crippen LogP contribution in [0.25, 0.3) is 0 Å². The Bertz CT molecular complexity index is 813. The van der Waals surface area contributed by atoms with Crippen LogP contribution in [0.4, 0.5) is 16.2 Å². The van der Waals surface area contributed by atoms with Gasteiger partial charge in [0.1, 0.15) is 6.10 Å². The molecule has 0 unspecified atom stereocenters. The van der Waals surface area contributed by atoms with E-state index in [1.165, 1.54) is 31.4 Å². The van der Waals surface area contributed by atoms with E-state index in [1.807, 2.05) is 31.6 Å². The van der Waals surface area contributed by atoms with Gasteiger partial charge in [-0.2, -0.15) is 5.10 Å². The molecule has 1 aromatic heterocycles. The number of aryl methyl sites for hydroxylation is 1. The largest absolute Gasteiger partial charge is 0.371 e. The number of benzene rings is 1. The molecule has 156 valence electrons. The molecule has 3 heterocycles. The zero-order valence-electron chi connectivity index (χ0n) is 17.1. The van der Waals surface area contributed by atoms with Crippen LogP contribution >= 0.6 is 0 Å². The van der Waals surface area contributed by atoms with Crippen LogP contribution in [0.2, 0.25) is 0 Å². The fourth-order valence-corrected chi connectivity index (χ4v) is 4.29. The van der Waals surface area contributed by atoms with E-state index in [-0.39, 0.29) is 18.2 Å². The second kappa shape index (κ2) is 9.31. The Balaban J connectivity index is 1.39. The summed E-state index contributed by atoms with van der Waals surface area (Å²) < 4.78 is 7.71. The molecule has 0 saturated carbocycles. The van der Waals surface area contributed by atoms with Crippen molar-refractivity contribution in [3.05, 3.63) is 42.2 Å². The number of ether oxygens (including phenoxy) is 1. The van der Waals surface area contributed by atoms with Gasteiger partial charge >= 0.3 is 6.03 Å². The first-order chi connectivity index (χ1) is 14.2. The average Bonchev–Trinajstić information content (AvgIpc) is 2.98. The molecule has 2 atom stereocenters. The van der Waals surface area contributed by atoms with Gasteiger partial charge in [0.25, 0.3) is 0 Å². The Morgan fingerprint density at radius 1 is 1.17 bits per heavy atom. The van der Waals surface area contributed by atoms with Gasteiger partial charge in [-0.15, -0.1) is 0 Å². The maximum Gasteiger partial charge on any atom is 0.319 e. The molecule has 0 radical (unpaired) electrons. The lowest BCUT2D eigenvalue weighted by Gasteiger charge is -2.31. The van der Waals surface area contributed by atoms with Gasteiger partial charge in [0.2, 0.25) is 0 Å². The fourth-order valence-electron chi connectivity index (χ4n) is 4.29. The summed E-state index contributed by atoms with van der Waals surface area (Å²) in [5.41, 5.74) is 3.00. The standard InChI is InChI=1S/C22H31N5O2/c1-26-16-17(15-23-26)21-20(10-7-13-29-21)25-22(28)24-18-8-6-9-19(14-18)27-11-4-2-3-5-12-27/h6,8-9,14-16,20-21H,2-5,7,10-13H2,1H3,(H2,24,25,28)/t20-,21+/m0/s1. The summed E-state index contributed by atoms with van der Waals surface area (Å²) in [6.45, 7) is 2.88. The number of amides is 2. The predicted octanol–water partition coefficient (Wildman–Crippen LogP) is 3.84. The maximum absolute atomic E-state index is 12.7. The van der Waals surface area contributed by atoms with E-state index in [0.29, 0.717) is 6.61 Å². The molecule has 2 aromatic rings. The predicted molar refractivity (Wildman–Crippen MR) is 114 cm³/mol. The number of nitrogens with one attached hydrogen (secondary N) is 2. The first-order valence-electron chi connectivity index (χ1n) is 10.7. The van der Waals surface area contributed by atoms with Crippen molar-refractivity contribution in [3.63, 3.8) is 0 Å². The van der Waals surface area contributed by atoms with Gasteiger partial charge in [-0.1, -0.05) is 18.9 Å². The van der Waals surface area contributed by atoms with Crippen LogP contribution in [-0.2, 0) is 11.8 Å². The van der Waals surface area contributed by atoms with Crippen molar-refractivity contribution in [1.82, 2.24) is 15.1 Å². The Labute approximate surface area is 172 Å². The summed E-state index contributed by atoms with van der Waals surface area (Å²) >= 11 is 0. The van der Waals surface area contributed by atoms with E-state index >= 15 is 0 Å². The summed E-state index contributed by atoms with van der Waals surface area (Å²) in [5, 5.41) is 10.4. The Kier molecular flexibility index (Phi) is 6.34. The van der Waals surface area contributed by atoms with E-state index < -0.39 is 0 Å². The van der Waals surface area contributed by atoms with Crippen LogP contribution in [0.15, 0.2) is 36.7 Å². The number of carbonyl (C=O) groups excluding carboxylic acids is 1. The van der Waals surface area contributed by atoms with Crippen molar-refractivity contribution < 1.29 is 9.53 Å². The zero-order chi connectivity index (χ0) is 20.1. The number of anilines is 2. The highest BCUT2D eigenvalue weighted by Crippen LogP contribution is 2.28.